The molecule has 6 rings (SSSR count). The Morgan fingerprint density at radius 2 is 1.74 bits per heavy atom. The smallest absolute Gasteiger partial charge is 0.338 e. The number of allylic oxidation sites excluding steroid dienone is 1. The summed E-state index contributed by atoms with van der Waals surface area (Å²) in [5, 5.41) is 1.77. The number of halogens is 1. The summed E-state index contributed by atoms with van der Waals surface area (Å²) < 4.78 is 9.88. The van der Waals surface area contributed by atoms with Crippen LogP contribution in [0, 0.1) is 13.8 Å². The second-order valence-electron chi connectivity index (χ2n) is 10.4. The van der Waals surface area contributed by atoms with Crippen molar-refractivity contribution in [2.75, 3.05) is 6.61 Å². The van der Waals surface area contributed by atoms with Gasteiger partial charge in [0.25, 0.3) is 5.56 Å². The maximum absolute atomic E-state index is 14.2. The van der Waals surface area contributed by atoms with Gasteiger partial charge in [0.15, 0.2) is 4.80 Å². The van der Waals surface area contributed by atoms with Gasteiger partial charge < -0.3 is 9.30 Å². The van der Waals surface area contributed by atoms with E-state index in [4.69, 9.17) is 21.3 Å². The van der Waals surface area contributed by atoms with Gasteiger partial charge in [-0.3, -0.25) is 9.36 Å². The van der Waals surface area contributed by atoms with Crippen molar-refractivity contribution in [3.63, 3.8) is 0 Å². The molecule has 3 heterocycles. The number of hydrogen-bond donors (Lipinski definition) is 0. The first-order chi connectivity index (χ1) is 20.3. The summed E-state index contributed by atoms with van der Waals surface area (Å²) in [6, 6.07) is 23.4. The lowest BCUT2D eigenvalue weighted by Gasteiger charge is -2.24. The van der Waals surface area contributed by atoms with E-state index in [1.54, 1.807) is 18.4 Å². The third-order valence-corrected chi connectivity index (χ3v) is 8.95. The predicted molar refractivity (Wildman–Crippen MR) is 169 cm³/mol. The molecule has 3 aromatic carbocycles. The highest BCUT2D eigenvalue weighted by Crippen LogP contribution is 2.31. The SMILES string of the molecule is CCOC(=O)C1=C(C)N=c2s/c(=C/c3c(C)n(Cc4ccc(Cl)cc4)c4ccccc34)c(=O)n2[C@@H]1c1ccc(C)cc1. The monoisotopic (exact) mass is 595 g/mol. The minimum Gasteiger partial charge on any atom is -0.463 e. The zero-order valence-corrected chi connectivity index (χ0v) is 25.4. The molecular weight excluding hydrogens is 566 g/mol. The highest BCUT2D eigenvalue weighted by molar-refractivity contribution is 7.07. The molecule has 1 atom stereocenters. The number of fused-ring (bicyclic) bond motifs is 2. The number of para-hydroxylation sites is 1. The van der Waals surface area contributed by atoms with Gasteiger partial charge in [-0.25, -0.2) is 9.79 Å². The van der Waals surface area contributed by atoms with Crippen LogP contribution in [-0.4, -0.2) is 21.7 Å². The molecule has 0 bridgehead atoms. The van der Waals surface area contributed by atoms with Gasteiger partial charge in [0.2, 0.25) is 0 Å². The Balaban J connectivity index is 1.54. The number of carbonyl (C=O) groups is 1. The van der Waals surface area contributed by atoms with E-state index in [2.05, 4.69) is 23.6 Å². The van der Waals surface area contributed by atoms with Gasteiger partial charge in [0, 0.05) is 33.7 Å². The van der Waals surface area contributed by atoms with E-state index >= 15 is 0 Å². The summed E-state index contributed by atoms with van der Waals surface area (Å²) >= 11 is 7.46. The Labute approximate surface area is 252 Å². The highest BCUT2D eigenvalue weighted by Gasteiger charge is 2.33. The standard InChI is InChI=1S/C34H30ClN3O3S/c1-5-41-33(40)30-21(3)36-34-38(31(30)24-14-10-20(2)11-15-24)32(39)29(42-34)18-27-22(4)37(28-9-7-6-8-26(27)28)19-23-12-16-25(35)17-13-23/h6-18,31H,5,19H2,1-4H3/b29-18+/t31-/m1/s1. The number of benzene rings is 3. The molecule has 0 radical (unpaired) electrons. The van der Waals surface area contributed by atoms with Gasteiger partial charge in [0.1, 0.15) is 0 Å². The maximum Gasteiger partial charge on any atom is 0.338 e. The van der Waals surface area contributed by atoms with Crippen molar-refractivity contribution >= 4 is 45.9 Å². The number of rotatable bonds is 6. The van der Waals surface area contributed by atoms with Crippen molar-refractivity contribution in [2.45, 2.75) is 40.3 Å². The zero-order chi connectivity index (χ0) is 29.5. The molecule has 0 unspecified atom stereocenters. The van der Waals surface area contributed by atoms with Gasteiger partial charge in [-0.2, -0.15) is 0 Å². The Kier molecular flexibility index (Phi) is 7.47. The quantitative estimate of drug-likeness (QED) is 0.224. The molecule has 1 aliphatic rings. The molecular formula is C34H30ClN3O3S. The fourth-order valence-electron chi connectivity index (χ4n) is 5.60. The van der Waals surface area contributed by atoms with Gasteiger partial charge >= 0.3 is 5.97 Å². The summed E-state index contributed by atoms with van der Waals surface area (Å²) in [6.07, 6.45) is 1.97. The number of nitrogens with zero attached hydrogens (tertiary/aromatic N) is 3. The first kappa shape index (κ1) is 27.9. The Morgan fingerprint density at radius 1 is 1.02 bits per heavy atom. The lowest BCUT2D eigenvalue weighted by molar-refractivity contribution is -0.139. The summed E-state index contributed by atoms with van der Waals surface area (Å²) in [7, 11) is 0. The van der Waals surface area contributed by atoms with Crippen LogP contribution in [-0.2, 0) is 16.1 Å². The average Bonchev–Trinajstić information content (AvgIpc) is 3.42. The van der Waals surface area contributed by atoms with Crippen molar-refractivity contribution in [3.8, 4) is 0 Å². The predicted octanol–water partition coefficient (Wildman–Crippen LogP) is 6.07. The number of hydrogen-bond acceptors (Lipinski definition) is 5. The topological polar surface area (TPSA) is 65.6 Å². The van der Waals surface area contributed by atoms with E-state index in [0.29, 0.717) is 32.2 Å². The normalized spacial score (nSPS) is 15.2. The molecule has 6 nitrogen and oxygen atoms in total. The molecule has 0 amide bonds. The van der Waals surface area contributed by atoms with Crippen molar-refractivity contribution in [1.29, 1.82) is 0 Å². The Morgan fingerprint density at radius 3 is 2.45 bits per heavy atom. The molecule has 212 valence electrons. The zero-order valence-electron chi connectivity index (χ0n) is 23.8. The summed E-state index contributed by atoms with van der Waals surface area (Å²) in [5.74, 6) is -0.459. The molecule has 0 N–H and O–H groups in total. The maximum atomic E-state index is 14.2. The van der Waals surface area contributed by atoms with Crippen molar-refractivity contribution in [3.05, 3.63) is 137 Å². The van der Waals surface area contributed by atoms with Crippen LogP contribution in [0.4, 0.5) is 0 Å². The second kappa shape index (κ2) is 11.2. The second-order valence-corrected chi connectivity index (χ2v) is 11.9. The first-order valence-corrected chi connectivity index (χ1v) is 15.0. The van der Waals surface area contributed by atoms with Crippen molar-refractivity contribution < 1.29 is 9.53 Å². The fourth-order valence-corrected chi connectivity index (χ4v) is 6.76. The van der Waals surface area contributed by atoms with E-state index in [1.807, 2.05) is 73.7 Å². The molecule has 0 aliphatic carbocycles. The summed E-state index contributed by atoms with van der Waals surface area (Å²) in [5.41, 5.74) is 6.94. The first-order valence-electron chi connectivity index (χ1n) is 13.8. The molecule has 0 saturated heterocycles. The van der Waals surface area contributed by atoms with Crippen LogP contribution in [0.15, 0.2) is 93.9 Å². The average molecular weight is 596 g/mol. The number of esters is 1. The third kappa shape index (κ3) is 4.93. The molecule has 42 heavy (non-hydrogen) atoms. The lowest BCUT2D eigenvalue weighted by atomic mass is 9.95. The number of aromatic nitrogens is 2. The van der Waals surface area contributed by atoms with Crippen molar-refractivity contribution in [2.24, 2.45) is 4.99 Å². The molecule has 0 fully saturated rings. The van der Waals surface area contributed by atoms with Gasteiger partial charge in [-0.15, -0.1) is 0 Å². The van der Waals surface area contributed by atoms with Crippen LogP contribution in [0.3, 0.4) is 0 Å². The van der Waals surface area contributed by atoms with E-state index < -0.39 is 12.0 Å². The fraction of sp³-hybridized carbons (Fsp3) is 0.206. The van der Waals surface area contributed by atoms with E-state index in [0.717, 1.165) is 38.9 Å². The van der Waals surface area contributed by atoms with Crippen LogP contribution in [0.5, 0.6) is 0 Å². The van der Waals surface area contributed by atoms with E-state index in [9.17, 15) is 9.59 Å². The van der Waals surface area contributed by atoms with Crippen LogP contribution in [0.25, 0.3) is 17.0 Å². The lowest BCUT2D eigenvalue weighted by Crippen LogP contribution is -2.39. The molecule has 5 aromatic rings. The van der Waals surface area contributed by atoms with Crippen molar-refractivity contribution in [1.82, 2.24) is 9.13 Å². The number of aryl methyl sites for hydroxylation is 1. The summed E-state index contributed by atoms with van der Waals surface area (Å²) in [4.78, 5) is 32.6. The van der Waals surface area contributed by atoms with E-state index in [-0.39, 0.29) is 12.2 Å². The van der Waals surface area contributed by atoms with Gasteiger partial charge in [-0.05, 0) is 63.1 Å². The van der Waals surface area contributed by atoms with Crippen LogP contribution in [0.1, 0.15) is 47.8 Å². The molecule has 8 heteroatoms. The minimum absolute atomic E-state index is 0.187. The largest absolute Gasteiger partial charge is 0.463 e. The molecule has 0 spiro atoms. The summed E-state index contributed by atoms with van der Waals surface area (Å²) in [6.45, 7) is 8.58. The Bertz CT molecular complexity index is 2050. The molecule has 0 saturated carbocycles. The number of thiazole rings is 1. The number of ether oxygens (including phenoxy) is 1. The Hall–Kier alpha value is -4.20. The third-order valence-electron chi connectivity index (χ3n) is 7.72. The van der Waals surface area contributed by atoms with Gasteiger partial charge in [-0.1, -0.05) is 83.1 Å². The molecule has 2 aromatic heterocycles. The van der Waals surface area contributed by atoms with E-state index in [1.165, 1.54) is 11.3 Å². The van der Waals surface area contributed by atoms with Gasteiger partial charge in [0.05, 0.1) is 28.5 Å². The minimum atomic E-state index is -0.629. The number of carbonyl (C=O) groups excluding carboxylic acids is 1. The molecule has 1 aliphatic heterocycles. The van der Waals surface area contributed by atoms with Crippen LogP contribution < -0.4 is 14.9 Å². The van der Waals surface area contributed by atoms with Crippen LogP contribution >= 0.6 is 22.9 Å². The van der Waals surface area contributed by atoms with Crippen LogP contribution in [0.2, 0.25) is 5.02 Å². The highest BCUT2D eigenvalue weighted by atomic mass is 35.5.